The highest BCUT2D eigenvalue weighted by Crippen LogP contribution is 2.31. The Morgan fingerprint density at radius 3 is 2.31 bits per heavy atom. The first-order chi connectivity index (χ1) is 16.7. The Bertz CT molecular complexity index is 1240. The molecule has 2 heterocycles. The third-order valence-corrected chi connectivity index (χ3v) is 6.03. The summed E-state index contributed by atoms with van der Waals surface area (Å²) >= 11 is 0.940. The van der Waals surface area contributed by atoms with Crippen molar-refractivity contribution in [1.82, 2.24) is 5.32 Å². The summed E-state index contributed by atoms with van der Waals surface area (Å²) in [6.07, 6.45) is -3.81. The molecule has 2 amide bonds. The van der Waals surface area contributed by atoms with Gasteiger partial charge in [0, 0.05) is 0 Å². The van der Waals surface area contributed by atoms with Gasteiger partial charge >= 0.3 is 12.0 Å². The monoisotopic (exact) mass is 509 g/mol. The Kier molecular flexibility index (Phi) is 7.31. The summed E-state index contributed by atoms with van der Waals surface area (Å²) in [7, 11) is 0. The molecule has 2 aromatic carbocycles. The van der Waals surface area contributed by atoms with Crippen molar-refractivity contribution >= 4 is 22.9 Å². The number of alkyl halides is 3. The first-order valence-electron chi connectivity index (χ1n) is 10.3. The largest absolute Gasteiger partial charge is 0.518 e. The second-order valence-electron chi connectivity index (χ2n) is 7.52. The summed E-state index contributed by atoms with van der Waals surface area (Å²) in [6.45, 7) is -0.220. The number of hydrogen-bond acceptors (Lipinski definition) is 8. The Balaban J connectivity index is 1.41. The Labute approximate surface area is 200 Å². The number of carbonyl (C=O) groups is 2. The van der Waals surface area contributed by atoms with Gasteiger partial charge in [0.05, 0.1) is 10.8 Å². The first kappa shape index (κ1) is 24.6. The van der Waals surface area contributed by atoms with Gasteiger partial charge in [0.15, 0.2) is 5.76 Å². The van der Waals surface area contributed by atoms with Crippen LogP contribution in [-0.2, 0) is 28.7 Å². The van der Waals surface area contributed by atoms with Crippen LogP contribution in [0.3, 0.4) is 0 Å². The third kappa shape index (κ3) is 6.55. The Morgan fingerprint density at radius 2 is 1.74 bits per heavy atom. The topological polar surface area (TPSA) is 108 Å². The lowest BCUT2D eigenvalue weighted by atomic mass is 10.1. The fourth-order valence-electron chi connectivity index (χ4n) is 3.28. The molecule has 0 radical (unpaired) electrons. The predicted octanol–water partition coefficient (Wildman–Crippen LogP) is 4.48. The number of halogens is 3. The van der Waals surface area contributed by atoms with Gasteiger partial charge in [-0.3, -0.25) is 14.9 Å². The van der Waals surface area contributed by atoms with Crippen LogP contribution >= 0.6 is 11.8 Å². The third-order valence-electron chi connectivity index (χ3n) is 5.05. The quantitative estimate of drug-likeness (QED) is 0.450. The molecule has 184 valence electrons. The van der Waals surface area contributed by atoms with E-state index in [0.717, 1.165) is 35.7 Å². The van der Waals surface area contributed by atoms with Crippen molar-refractivity contribution in [3.8, 4) is 5.75 Å². The maximum atomic E-state index is 12.9. The molecule has 1 aromatic heterocycles. The van der Waals surface area contributed by atoms with E-state index in [1.54, 1.807) is 24.3 Å². The van der Waals surface area contributed by atoms with Gasteiger partial charge in [-0.2, -0.15) is 13.2 Å². The number of imide groups is 1. The van der Waals surface area contributed by atoms with Gasteiger partial charge in [0.1, 0.15) is 31.3 Å². The molecular formula is C23H18F3NO7S. The van der Waals surface area contributed by atoms with Crippen LogP contribution in [0.25, 0.3) is 0 Å². The summed E-state index contributed by atoms with van der Waals surface area (Å²) < 4.78 is 59.6. The van der Waals surface area contributed by atoms with Crippen LogP contribution < -0.4 is 15.9 Å². The molecule has 0 bridgehead atoms. The van der Waals surface area contributed by atoms with Gasteiger partial charge < -0.3 is 18.3 Å². The zero-order valence-corrected chi connectivity index (χ0v) is 18.7. The lowest BCUT2D eigenvalue weighted by molar-refractivity contribution is -0.137. The molecule has 2 unspecified atom stereocenters. The molecule has 0 saturated carbocycles. The molecule has 12 heteroatoms. The predicted molar refractivity (Wildman–Crippen MR) is 117 cm³/mol. The molecule has 1 saturated heterocycles. The van der Waals surface area contributed by atoms with Crippen LogP contribution in [-0.4, -0.2) is 23.0 Å². The van der Waals surface area contributed by atoms with E-state index in [0.29, 0.717) is 17.7 Å². The number of benzene rings is 2. The van der Waals surface area contributed by atoms with Crippen molar-refractivity contribution < 1.29 is 41.1 Å². The highest BCUT2D eigenvalue weighted by molar-refractivity contribution is 8.15. The van der Waals surface area contributed by atoms with Crippen LogP contribution in [0.1, 0.15) is 28.6 Å². The molecule has 8 nitrogen and oxygen atoms in total. The van der Waals surface area contributed by atoms with Crippen LogP contribution in [0.4, 0.5) is 18.0 Å². The minimum atomic E-state index is -4.47. The van der Waals surface area contributed by atoms with Gasteiger partial charge in [-0.1, -0.05) is 36.0 Å². The molecule has 0 aliphatic carbocycles. The van der Waals surface area contributed by atoms with Gasteiger partial charge in [-0.05, 0) is 41.8 Å². The van der Waals surface area contributed by atoms with E-state index in [2.05, 4.69) is 9.73 Å². The summed E-state index contributed by atoms with van der Waals surface area (Å²) in [5.41, 5.74) is 0.452. The zero-order valence-electron chi connectivity index (χ0n) is 17.9. The summed E-state index contributed by atoms with van der Waals surface area (Å²) in [6, 6.07) is 11.3. The molecule has 1 aliphatic heterocycles. The van der Waals surface area contributed by atoms with Crippen LogP contribution in [0, 0.1) is 0 Å². The van der Waals surface area contributed by atoms with Crippen molar-refractivity contribution in [2.24, 2.45) is 0 Å². The molecule has 1 aliphatic rings. The minimum Gasteiger partial charge on any atom is -0.491 e. The van der Waals surface area contributed by atoms with E-state index >= 15 is 0 Å². The summed E-state index contributed by atoms with van der Waals surface area (Å²) in [4.78, 5) is 34.1. The van der Waals surface area contributed by atoms with Crippen molar-refractivity contribution in [1.29, 1.82) is 0 Å². The molecule has 3 aromatic rings. The number of amides is 2. The number of thioether (sulfide) groups is 1. The Morgan fingerprint density at radius 1 is 1.03 bits per heavy atom. The van der Waals surface area contributed by atoms with Gasteiger partial charge in [0.25, 0.3) is 5.24 Å². The molecule has 4 rings (SSSR count). The van der Waals surface area contributed by atoms with E-state index in [9.17, 15) is 27.6 Å². The van der Waals surface area contributed by atoms with Crippen LogP contribution in [0.2, 0.25) is 0 Å². The number of carbonyl (C=O) groups excluding carboxylic acids is 2. The Hall–Kier alpha value is -3.51. The minimum absolute atomic E-state index is 0.0534. The first-order valence-corrected chi connectivity index (χ1v) is 11.1. The second-order valence-corrected chi connectivity index (χ2v) is 8.69. The fourth-order valence-corrected chi connectivity index (χ4v) is 4.14. The molecule has 0 spiro atoms. The average Bonchev–Trinajstić information content (AvgIpc) is 3.38. The average molecular weight is 509 g/mol. The van der Waals surface area contributed by atoms with Gasteiger partial charge in [-0.25, -0.2) is 4.79 Å². The maximum Gasteiger partial charge on any atom is 0.518 e. The molecule has 1 N–H and O–H groups in total. The zero-order chi connectivity index (χ0) is 25.0. The standard InChI is InChI=1S/C23H18F3NO7S/c24-23(25,26)15-5-3-14(4-6-15)18(32-10-17-11-33-22(30)34-17)12-31-16-7-1-13(2-8-16)9-19-20(28)27-21(29)35-19/h1-8,11,18-19H,9-10,12H2,(H,27,28,29). The normalized spacial score (nSPS) is 16.8. The molecule has 35 heavy (non-hydrogen) atoms. The lowest BCUT2D eigenvalue weighted by Crippen LogP contribution is -2.25. The van der Waals surface area contributed by atoms with E-state index < -0.39 is 28.9 Å². The highest BCUT2D eigenvalue weighted by Gasteiger charge is 2.32. The number of hydrogen-bond donors (Lipinski definition) is 1. The second kappa shape index (κ2) is 10.4. The van der Waals surface area contributed by atoms with Crippen molar-refractivity contribution in [3.63, 3.8) is 0 Å². The smallest absolute Gasteiger partial charge is 0.491 e. The number of rotatable bonds is 9. The van der Waals surface area contributed by atoms with E-state index in [4.69, 9.17) is 13.9 Å². The van der Waals surface area contributed by atoms with E-state index in [1.807, 2.05) is 0 Å². The summed E-state index contributed by atoms with van der Waals surface area (Å²) in [5, 5.41) is 1.38. The van der Waals surface area contributed by atoms with E-state index in [-0.39, 0.29) is 30.1 Å². The van der Waals surface area contributed by atoms with Crippen molar-refractivity contribution in [2.45, 2.75) is 30.6 Å². The number of ether oxygens (including phenoxy) is 2. The number of nitrogens with one attached hydrogen (secondary N) is 1. The van der Waals surface area contributed by atoms with Crippen molar-refractivity contribution in [2.75, 3.05) is 6.61 Å². The van der Waals surface area contributed by atoms with Crippen LogP contribution in [0.15, 0.2) is 68.4 Å². The molecular weight excluding hydrogens is 491 g/mol. The van der Waals surface area contributed by atoms with Gasteiger partial charge in [-0.15, -0.1) is 0 Å². The van der Waals surface area contributed by atoms with E-state index in [1.165, 1.54) is 12.1 Å². The van der Waals surface area contributed by atoms with Crippen LogP contribution in [0.5, 0.6) is 5.75 Å². The lowest BCUT2D eigenvalue weighted by Gasteiger charge is -2.19. The summed E-state index contributed by atoms with van der Waals surface area (Å²) in [5.74, 6) is -0.651. The maximum absolute atomic E-state index is 12.9. The molecule has 1 fully saturated rings. The van der Waals surface area contributed by atoms with Gasteiger partial charge in [0.2, 0.25) is 5.91 Å². The fraction of sp³-hybridized carbons (Fsp3) is 0.261. The van der Waals surface area contributed by atoms with Crippen molar-refractivity contribution in [3.05, 3.63) is 87.9 Å². The SMILES string of the molecule is O=C1NC(=O)C(Cc2ccc(OCC(OCc3coc(=O)o3)c3ccc(C(F)(F)F)cc3)cc2)S1. The molecule has 2 atom stereocenters. The highest BCUT2D eigenvalue weighted by atomic mass is 32.2.